The fourth-order valence-corrected chi connectivity index (χ4v) is 6.10. The van der Waals surface area contributed by atoms with E-state index in [-0.39, 0.29) is 11.0 Å². The maximum absolute atomic E-state index is 13.2. The van der Waals surface area contributed by atoms with Crippen molar-refractivity contribution >= 4 is 27.0 Å². The summed E-state index contributed by atoms with van der Waals surface area (Å²) in [4.78, 5) is 0.276. The molecule has 0 spiro atoms. The summed E-state index contributed by atoms with van der Waals surface area (Å²) in [6, 6.07) is 16.1. The fourth-order valence-electron chi connectivity index (χ4n) is 4.70. The number of nitrogens with zero attached hydrogens (tertiary/aromatic N) is 1. The van der Waals surface area contributed by atoms with Gasteiger partial charge in [-0.25, -0.2) is 12.4 Å². The Hall–Kier alpha value is -2.53. The molecule has 0 aliphatic heterocycles. The van der Waals surface area contributed by atoms with Crippen molar-refractivity contribution in [1.82, 2.24) is 3.97 Å². The second kappa shape index (κ2) is 8.91. The summed E-state index contributed by atoms with van der Waals surface area (Å²) < 4.78 is 34.1. The molecule has 31 heavy (non-hydrogen) atoms. The van der Waals surface area contributed by atoms with Crippen LogP contribution in [0.3, 0.4) is 0 Å². The quantitative estimate of drug-likeness (QED) is 0.424. The van der Waals surface area contributed by atoms with Gasteiger partial charge in [0.05, 0.1) is 16.7 Å². The zero-order valence-electron chi connectivity index (χ0n) is 18.4. The van der Waals surface area contributed by atoms with Crippen LogP contribution in [0.25, 0.3) is 17.0 Å². The van der Waals surface area contributed by atoms with Gasteiger partial charge >= 0.3 is 0 Å². The monoisotopic (exact) mass is 437 g/mol. The van der Waals surface area contributed by atoms with Crippen LogP contribution < -0.4 is 0 Å². The van der Waals surface area contributed by atoms with Crippen molar-refractivity contribution in [2.24, 2.45) is 17.8 Å². The van der Waals surface area contributed by atoms with Crippen LogP contribution in [-0.2, 0) is 14.8 Å². The summed E-state index contributed by atoms with van der Waals surface area (Å²) in [5, 5.41) is 0.888. The van der Waals surface area contributed by atoms with E-state index in [2.05, 4.69) is 20.8 Å². The van der Waals surface area contributed by atoms with E-state index in [4.69, 9.17) is 4.74 Å². The smallest absolute Gasteiger partial charge is 0.268 e. The molecular weight excluding hydrogens is 406 g/mol. The highest BCUT2D eigenvalue weighted by molar-refractivity contribution is 7.90. The van der Waals surface area contributed by atoms with Gasteiger partial charge in [0.25, 0.3) is 10.0 Å². The second-order valence-electron chi connectivity index (χ2n) is 9.02. The Morgan fingerprint density at radius 2 is 1.74 bits per heavy atom. The number of para-hydroxylation sites is 1. The van der Waals surface area contributed by atoms with Gasteiger partial charge in [-0.05, 0) is 54.9 Å². The van der Waals surface area contributed by atoms with Gasteiger partial charge in [0.15, 0.2) is 0 Å². The third kappa shape index (κ3) is 4.42. The Labute approximate surface area is 185 Å². The lowest BCUT2D eigenvalue weighted by Gasteiger charge is -2.36. The van der Waals surface area contributed by atoms with Gasteiger partial charge in [-0.1, -0.05) is 63.6 Å². The zero-order valence-corrected chi connectivity index (χ0v) is 19.3. The van der Waals surface area contributed by atoms with Crippen molar-refractivity contribution in [1.29, 1.82) is 0 Å². The van der Waals surface area contributed by atoms with Gasteiger partial charge in [0, 0.05) is 17.1 Å². The Morgan fingerprint density at radius 3 is 2.48 bits per heavy atom. The number of aromatic nitrogens is 1. The van der Waals surface area contributed by atoms with Crippen LogP contribution in [0, 0.1) is 17.8 Å². The molecule has 0 amide bonds. The van der Waals surface area contributed by atoms with Crippen LogP contribution in [0.4, 0.5) is 0 Å². The maximum atomic E-state index is 13.2. The highest BCUT2D eigenvalue weighted by Crippen LogP contribution is 2.35. The molecule has 0 bridgehead atoms. The third-order valence-corrected chi connectivity index (χ3v) is 8.16. The number of fused-ring (bicyclic) bond motifs is 1. The molecule has 0 unspecified atom stereocenters. The van der Waals surface area contributed by atoms with Gasteiger partial charge in [0.1, 0.15) is 6.10 Å². The number of benzene rings is 2. The van der Waals surface area contributed by atoms with E-state index < -0.39 is 10.0 Å². The van der Waals surface area contributed by atoms with Crippen molar-refractivity contribution in [3.63, 3.8) is 0 Å². The topological polar surface area (TPSA) is 48.3 Å². The molecule has 5 heteroatoms. The first-order valence-corrected chi connectivity index (χ1v) is 12.5. The molecule has 0 N–H and O–H groups in total. The average molecular weight is 438 g/mol. The van der Waals surface area contributed by atoms with E-state index in [0.29, 0.717) is 23.3 Å². The van der Waals surface area contributed by atoms with E-state index >= 15 is 0 Å². The molecule has 1 aromatic heterocycles. The lowest BCUT2D eigenvalue weighted by molar-refractivity contribution is 0.0145. The van der Waals surface area contributed by atoms with Crippen LogP contribution in [0.5, 0.6) is 0 Å². The maximum Gasteiger partial charge on any atom is 0.268 e. The Bertz CT molecular complexity index is 1160. The summed E-state index contributed by atoms with van der Waals surface area (Å²) in [5.74, 6) is 1.82. The second-order valence-corrected chi connectivity index (χ2v) is 10.8. The summed E-state index contributed by atoms with van der Waals surface area (Å²) in [5.41, 5.74) is 1.50. The zero-order chi connectivity index (χ0) is 22.0. The molecule has 164 valence electrons. The van der Waals surface area contributed by atoms with E-state index in [0.717, 1.165) is 17.4 Å². The lowest BCUT2D eigenvalue weighted by Crippen LogP contribution is -2.33. The van der Waals surface area contributed by atoms with Crippen molar-refractivity contribution in [2.45, 2.75) is 51.0 Å². The molecule has 4 rings (SSSR count). The van der Waals surface area contributed by atoms with Crippen molar-refractivity contribution in [3.8, 4) is 0 Å². The van der Waals surface area contributed by atoms with E-state index in [1.165, 1.54) is 16.8 Å². The first-order chi connectivity index (χ1) is 14.9. The van der Waals surface area contributed by atoms with Crippen molar-refractivity contribution < 1.29 is 13.2 Å². The molecule has 3 aromatic rings. The Morgan fingerprint density at radius 1 is 1.03 bits per heavy atom. The normalized spacial score (nSPS) is 22.4. The van der Waals surface area contributed by atoms with E-state index in [1.807, 2.05) is 36.4 Å². The first kappa shape index (κ1) is 21.7. The summed E-state index contributed by atoms with van der Waals surface area (Å²) >= 11 is 0. The Balaban J connectivity index is 1.65. The van der Waals surface area contributed by atoms with Gasteiger partial charge in [-0.3, -0.25) is 0 Å². The van der Waals surface area contributed by atoms with Crippen LogP contribution >= 0.6 is 0 Å². The van der Waals surface area contributed by atoms with Gasteiger partial charge in [-0.2, -0.15) is 0 Å². The number of hydrogen-bond donors (Lipinski definition) is 0. The minimum Gasteiger partial charge on any atom is -0.498 e. The van der Waals surface area contributed by atoms with Crippen LogP contribution in [0.2, 0.25) is 0 Å². The predicted octanol–water partition coefficient (Wildman–Crippen LogP) is 6.33. The van der Waals surface area contributed by atoms with Crippen molar-refractivity contribution in [3.05, 3.63) is 72.6 Å². The number of rotatable bonds is 6. The molecule has 1 saturated carbocycles. The van der Waals surface area contributed by atoms with Crippen LogP contribution in [0.1, 0.15) is 45.6 Å². The third-order valence-electron chi connectivity index (χ3n) is 6.47. The van der Waals surface area contributed by atoms with Gasteiger partial charge in [-0.15, -0.1) is 0 Å². The SMILES string of the molecule is CC(C)[C@@H]1CC[C@@H](C)C[C@H]1O/C=C\c1cn(S(=O)(=O)c2ccccc2)c2ccccc12. The lowest BCUT2D eigenvalue weighted by atomic mass is 9.75. The minimum absolute atomic E-state index is 0.210. The standard InChI is InChI=1S/C26H31NO3S/c1-19(2)23-14-13-20(3)17-26(23)30-16-15-21-18-27(25-12-8-7-11-24(21)25)31(28,29)22-9-5-4-6-10-22/h4-12,15-16,18-20,23,26H,13-14,17H2,1-3H3/b16-15-/t20-,23+,26-/m1/s1. The van der Waals surface area contributed by atoms with E-state index in [9.17, 15) is 8.42 Å². The van der Waals surface area contributed by atoms with Gasteiger partial charge in [0.2, 0.25) is 0 Å². The molecule has 0 saturated heterocycles. The van der Waals surface area contributed by atoms with Crippen LogP contribution in [0.15, 0.2) is 72.0 Å². The van der Waals surface area contributed by atoms with Crippen molar-refractivity contribution in [2.75, 3.05) is 0 Å². The van der Waals surface area contributed by atoms with Gasteiger partial charge < -0.3 is 4.74 Å². The molecule has 1 heterocycles. The summed E-state index contributed by atoms with van der Waals surface area (Å²) in [6.07, 6.45) is 9.09. The van der Waals surface area contributed by atoms with Crippen LogP contribution in [-0.4, -0.2) is 18.5 Å². The molecular formula is C26H31NO3S. The predicted molar refractivity (Wildman–Crippen MR) is 126 cm³/mol. The molecule has 1 aliphatic rings. The fraction of sp³-hybridized carbons (Fsp3) is 0.385. The highest BCUT2D eigenvalue weighted by atomic mass is 32.2. The minimum atomic E-state index is -3.68. The number of ether oxygens (including phenoxy) is 1. The molecule has 4 nitrogen and oxygen atoms in total. The highest BCUT2D eigenvalue weighted by Gasteiger charge is 2.31. The van der Waals surface area contributed by atoms with E-state index in [1.54, 1.807) is 36.7 Å². The molecule has 3 atom stereocenters. The molecule has 1 fully saturated rings. The average Bonchev–Trinajstić information content (AvgIpc) is 3.14. The molecule has 2 aromatic carbocycles. The summed E-state index contributed by atoms with van der Waals surface area (Å²) in [7, 11) is -3.68. The Kier molecular flexibility index (Phi) is 6.24. The number of hydrogen-bond acceptors (Lipinski definition) is 3. The first-order valence-electron chi connectivity index (χ1n) is 11.1. The molecule has 1 aliphatic carbocycles. The summed E-state index contributed by atoms with van der Waals surface area (Å²) in [6.45, 7) is 6.82. The molecule has 0 radical (unpaired) electrons. The largest absolute Gasteiger partial charge is 0.498 e.